The average molecular weight is 418 g/mol. The van der Waals surface area contributed by atoms with E-state index in [1.165, 1.54) is 17.7 Å². The van der Waals surface area contributed by atoms with Gasteiger partial charge < -0.3 is 14.5 Å². The van der Waals surface area contributed by atoms with Crippen LogP contribution >= 0.6 is 0 Å². The Morgan fingerprint density at radius 3 is 2.68 bits per heavy atom. The van der Waals surface area contributed by atoms with Crippen molar-refractivity contribution in [3.63, 3.8) is 0 Å². The van der Waals surface area contributed by atoms with Gasteiger partial charge in [0.1, 0.15) is 0 Å². The normalized spacial score (nSPS) is 21.4. The number of fused-ring (bicyclic) bond motifs is 1. The Morgan fingerprint density at radius 2 is 1.90 bits per heavy atom. The van der Waals surface area contributed by atoms with E-state index in [0.717, 1.165) is 69.3 Å². The number of aryl methyl sites for hydroxylation is 1. The minimum absolute atomic E-state index is 0.150. The van der Waals surface area contributed by atoms with Crippen LogP contribution in [0.15, 0.2) is 48.5 Å². The van der Waals surface area contributed by atoms with Gasteiger partial charge in [0.25, 0.3) is 5.91 Å². The second-order valence-corrected chi connectivity index (χ2v) is 8.90. The number of hydrogen-bond acceptors (Lipinski definition) is 4. The fraction of sp³-hybridized carbons (Fsp3) is 0.423. The predicted molar refractivity (Wildman–Crippen MR) is 125 cm³/mol. The molecule has 2 aromatic carbocycles. The van der Waals surface area contributed by atoms with Crippen molar-refractivity contribution in [1.82, 2.24) is 9.80 Å². The van der Waals surface area contributed by atoms with Gasteiger partial charge in [0, 0.05) is 62.8 Å². The van der Waals surface area contributed by atoms with Crippen LogP contribution in [0.1, 0.15) is 27.9 Å². The van der Waals surface area contributed by atoms with E-state index in [0.29, 0.717) is 5.92 Å². The Morgan fingerprint density at radius 1 is 1.06 bits per heavy atom. The minimum Gasteiger partial charge on any atom is -0.381 e. The summed E-state index contributed by atoms with van der Waals surface area (Å²) in [5.74, 6) is 0.810. The number of carbonyl (C=O) groups excluding carboxylic acids is 1. The maximum absolute atomic E-state index is 13.2. The van der Waals surface area contributed by atoms with Gasteiger partial charge in [-0.3, -0.25) is 9.69 Å². The molecule has 5 heteroatoms. The summed E-state index contributed by atoms with van der Waals surface area (Å²) in [7, 11) is 0. The highest BCUT2D eigenvalue weighted by Crippen LogP contribution is 2.34. The Hall–Kier alpha value is -2.63. The Balaban J connectivity index is 1.25. The molecule has 0 spiro atoms. The first kappa shape index (κ1) is 20.3. The number of piperazine rings is 1. The zero-order valence-corrected chi connectivity index (χ0v) is 18.3. The molecule has 3 aliphatic rings. The standard InChI is InChI=1S/C26H31N3O2/c1-20-17-23(8-9-24(20)29-11-4-6-22-5-2-3-7-25(22)29)26(30)28-14-12-27(13-15-28)18-21-10-16-31-19-21/h2-9,17,21H,10-16,18-19H2,1H3. The molecule has 0 N–H and O–H groups in total. The number of ether oxygens (including phenoxy) is 1. The highest BCUT2D eigenvalue weighted by Gasteiger charge is 2.26. The summed E-state index contributed by atoms with van der Waals surface area (Å²) in [6, 6.07) is 14.6. The number of hydrogen-bond donors (Lipinski definition) is 0. The van der Waals surface area contributed by atoms with Gasteiger partial charge in [-0.2, -0.15) is 0 Å². The molecular formula is C26H31N3O2. The Kier molecular flexibility index (Phi) is 5.79. The summed E-state index contributed by atoms with van der Waals surface area (Å²) < 4.78 is 5.50. The number of para-hydroxylation sites is 1. The molecule has 5 nitrogen and oxygen atoms in total. The van der Waals surface area contributed by atoms with Gasteiger partial charge in [-0.25, -0.2) is 0 Å². The summed E-state index contributed by atoms with van der Waals surface area (Å²) in [6.45, 7) is 9.36. The zero-order chi connectivity index (χ0) is 21.2. The molecule has 0 aliphatic carbocycles. The lowest BCUT2D eigenvalue weighted by molar-refractivity contribution is 0.0611. The van der Waals surface area contributed by atoms with Gasteiger partial charge in [0.2, 0.25) is 0 Å². The summed E-state index contributed by atoms with van der Waals surface area (Å²) >= 11 is 0. The monoisotopic (exact) mass is 417 g/mol. The lowest BCUT2D eigenvalue weighted by atomic mass is 10.0. The topological polar surface area (TPSA) is 36.0 Å². The molecular weight excluding hydrogens is 386 g/mol. The number of anilines is 2. The van der Waals surface area contributed by atoms with Gasteiger partial charge in [0.05, 0.1) is 6.61 Å². The van der Waals surface area contributed by atoms with Crippen molar-refractivity contribution < 1.29 is 9.53 Å². The number of benzene rings is 2. The quantitative estimate of drug-likeness (QED) is 0.755. The largest absolute Gasteiger partial charge is 0.381 e. The van der Waals surface area contributed by atoms with Gasteiger partial charge in [0.15, 0.2) is 0 Å². The van der Waals surface area contributed by atoms with Crippen molar-refractivity contribution in [3.8, 4) is 0 Å². The molecule has 0 radical (unpaired) electrons. The van der Waals surface area contributed by atoms with Crippen LogP contribution in [0.4, 0.5) is 11.4 Å². The number of carbonyl (C=O) groups is 1. The van der Waals surface area contributed by atoms with E-state index in [9.17, 15) is 4.79 Å². The molecule has 3 aliphatic heterocycles. The summed E-state index contributed by atoms with van der Waals surface area (Å²) in [4.78, 5) is 20.0. The molecule has 1 atom stereocenters. The molecule has 1 amide bonds. The Labute approximate surface area is 184 Å². The van der Waals surface area contributed by atoms with Crippen LogP contribution in [-0.2, 0) is 4.74 Å². The summed E-state index contributed by atoms with van der Waals surface area (Å²) in [6.07, 6.45) is 5.54. The number of rotatable bonds is 4. The van der Waals surface area contributed by atoms with E-state index >= 15 is 0 Å². The van der Waals surface area contributed by atoms with Gasteiger partial charge >= 0.3 is 0 Å². The van der Waals surface area contributed by atoms with Crippen LogP contribution in [0, 0.1) is 12.8 Å². The molecule has 1 unspecified atom stereocenters. The second-order valence-electron chi connectivity index (χ2n) is 8.90. The molecule has 0 saturated carbocycles. The predicted octanol–water partition coefficient (Wildman–Crippen LogP) is 3.95. The van der Waals surface area contributed by atoms with E-state index in [2.05, 4.69) is 65.3 Å². The third-order valence-electron chi connectivity index (χ3n) is 6.75. The first-order valence-electron chi connectivity index (χ1n) is 11.4. The summed E-state index contributed by atoms with van der Waals surface area (Å²) in [5, 5.41) is 0. The van der Waals surface area contributed by atoms with Crippen LogP contribution < -0.4 is 4.90 Å². The molecule has 162 valence electrons. The van der Waals surface area contributed by atoms with Crippen LogP contribution in [0.5, 0.6) is 0 Å². The first-order valence-corrected chi connectivity index (χ1v) is 11.4. The van der Waals surface area contributed by atoms with E-state index in [1.54, 1.807) is 0 Å². The second kappa shape index (κ2) is 8.85. The molecule has 0 aromatic heterocycles. The smallest absolute Gasteiger partial charge is 0.253 e. The molecule has 2 fully saturated rings. The molecule has 3 heterocycles. The van der Waals surface area contributed by atoms with Crippen LogP contribution in [0.3, 0.4) is 0 Å². The number of nitrogens with zero attached hydrogens (tertiary/aromatic N) is 3. The highest BCUT2D eigenvalue weighted by atomic mass is 16.5. The average Bonchev–Trinajstić information content (AvgIpc) is 3.32. The molecule has 2 saturated heterocycles. The van der Waals surface area contributed by atoms with Crippen LogP contribution in [-0.4, -0.2) is 68.2 Å². The maximum Gasteiger partial charge on any atom is 0.253 e. The van der Waals surface area contributed by atoms with Crippen molar-refractivity contribution >= 4 is 23.4 Å². The number of amides is 1. The van der Waals surface area contributed by atoms with Crippen molar-refractivity contribution in [3.05, 3.63) is 65.2 Å². The van der Waals surface area contributed by atoms with Gasteiger partial charge in [-0.1, -0.05) is 30.4 Å². The van der Waals surface area contributed by atoms with Crippen molar-refractivity contribution in [2.24, 2.45) is 5.92 Å². The SMILES string of the molecule is Cc1cc(C(=O)N2CCN(CC3CCOC3)CC2)ccc1N1CC=Cc2ccccc21. The van der Waals surface area contributed by atoms with Crippen molar-refractivity contribution in [2.45, 2.75) is 13.3 Å². The zero-order valence-electron chi connectivity index (χ0n) is 18.3. The highest BCUT2D eigenvalue weighted by molar-refractivity contribution is 5.95. The fourth-order valence-electron chi connectivity index (χ4n) is 4.99. The van der Waals surface area contributed by atoms with E-state index in [-0.39, 0.29) is 5.91 Å². The lowest BCUT2D eigenvalue weighted by Crippen LogP contribution is -2.49. The Bertz CT molecular complexity index is 972. The van der Waals surface area contributed by atoms with Crippen molar-refractivity contribution in [2.75, 3.05) is 57.4 Å². The van der Waals surface area contributed by atoms with Crippen molar-refractivity contribution in [1.29, 1.82) is 0 Å². The molecule has 0 bridgehead atoms. The van der Waals surface area contributed by atoms with Gasteiger partial charge in [-0.15, -0.1) is 0 Å². The minimum atomic E-state index is 0.150. The van der Waals surface area contributed by atoms with E-state index in [1.807, 2.05) is 11.0 Å². The third kappa shape index (κ3) is 4.25. The maximum atomic E-state index is 13.2. The molecule has 2 aromatic rings. The van der Waals surface area contributed by atoms with E-state index < -0.39 is 0 Å². The van der Waals surface area contributed by atoms with Crippen LogP contribution in [0.2, 0.25) is 0 Å². The van der Waals surface area contributed by atoms with Gasteiger partial charge in [-0.05, 0) is 54.7 Å². The third-order valence-corrected chi connectivity index (χ3v) is 6.75. The van der Waals surface area contributed by atoms with E-state index in [4.69, 9.17) is 4.74 Å². The molecule has 5 rings (SSSR count). The lowest BCUT2D eigenvalue weighted by Gasteiger charge is -2.36. The first-order chi connectivity index (χ1) is 15.2. The fourth-order valence-corrected chi connectivity index (χ4v) is 4.99. The summed E-state index contributed by atoms with van der Waals surface area (Å²) in [5.41, 5.74) is 5.54. The van der Waals surface area contributed by atoms with Crippen LogP contribution in [0.25, 0.3) is 6.08 Å². The molecule has 31 heavy (non-hydrogen) atoms.